The smallest absolute Gasteiger partial charge is 0.221 e. The maximum absolute atomic E-state index is 14.7. The molecule has 1 amide bonds. The Hall–Kier alpha value is -2.94. The molecule has 2 aromatic carbocycles. The van der Waals surface area contributed by atoms with Gasteiger partial charge < -0.3 is 15.0 Å². The Balaban J connectivity index is 1.72. The zero-order valence-corrected chi connectivity index (χ0v) is 17.6. The third-order valence-corrected chi connectivity index (χ3v) is 7.39. The number of H-pyrrole nitrogens is 1. The normalized spacial score (nSPS) is 18.7. The number of benzene rings is 2. The monoisotopic (exact) mass is 448 g/mol. The fourth-order valence-corrected chi connectivity index (χ4v) is 5.85. The number of rotatable bonds is 6. The topological polar surface area (TPSA) is 88.3 Å². The Kier molecular flexibility index (Phi) is 5.70. The van der Waals surface area contributed by atoms with E-state index in [1.807, 2.05) is 12.1 Å². The van der Waals surface area contributed by atoms with Gasteiger partial charge >= 0.3 is 0 Å². The first-order chi connectivity index (χ1) is 14.8. The molecule has 31 heavy (non-hydrogen) atoms. The van der Waals surface area contributed by atoms with Crippen LogP contribution in [0.3, 0.4) is 0 Å². The summed E-state index contributed by atoms with van der Waals surface area (Å²) < 4.78 is 57.1. The number of sulfone groups is 1. The standard InChI is InChI=1S/C22H22F2N2O4S/c1-30-20-4-2-3-19-22(20)17(11-25-19)16(15-6-5-13(23)9-18(15)24)10-21(27)26-14-7-8-31(28,29)12-14/h2-6,9,11,14,16,25H,7-8,10,12H2,1H3,(H,26,27)/t14-,16-/m0/s1. The number of halogens is 2. The van der Waals surface area contributed by atoms with Crippen LogP contribution < -0.4 is 10.1 Å². The molecular weight excluding hydrogens is 426 g/mol. The van der Waals surface area contributed by atoms with Gasteiger partial charge in [-0.05, 0) is 35.7 Å². The van der Waals surface area contributed by atoms with Gasteiger partial charge in [0.2, 0.25) is 5.91 Å². The van der Waals surface area contributed by atoms with Crippen molar-refractivity contribution in [1.29, 1.82) is 0 Å². The summed E-state index contributed by atoms with van der Waals surface area (Å²) in [6.45, 7) is 0. The number of hydrogen-bond donors (Lipinski definition) is 2. The molecule has 2 atom stereocenters. The van der Waals surface area contributed by atoms with Crippen molar-refractivity contribution >= 4 is 26.6 Å². The molecule has 9 heteroatoms. The maximum Gasteiger partial charge on any atom is 0.221 e. The summed E-state index contributed by atoms with van der Waals surface area (Å²) in [5.41, 5.74) is 1.55. The largest absolute Gasteiger partial charge is 0.496 e. The highest BCUT2D eigenvalue weighted by Crippen LogP contribution is 2.38. The third-order valence-electron chi connectivity index (χ3n) is 5.62. The molecule has 164 valence electrons. The van der Waals surface area contributed by atoms with E-state index in [-0.39, 0.29) is 23.5 Å². The molecule has 1 aromatic heterocycles. The van der Waals surface area contributed by atoms with E-state index in [0.717, 1.165) is 17.6 Å². The van der Waals surface area contributed by atoms with Gasteiger partial charge in [0.05, 0.1) is 18.6 Å². The van der Waals surface area contributed by atoms with E-state index >= 15 is 0 Å². The summed E-state index contributed by atoms with van der Waals surface area (Å²) in [6, 6.07) is 8.21. The number of hydrogen-bond acceptors (Lipinski definition) is 4. The number of aromatic nitrogens is 1. The van der Waals surface area contributed by atoms with Gasteiger partial charge in [0.25, 0.3) is 0 Å². The van der Waals surface area contributed by atoms with Gasteiger partial charge in [0.15, 0.2) is 9.84 Å². The summed E-state index contributed by atoms with van der Waals surface area (Å²) >= 11 is 0. The zero-order valence-electron chi connectivity index (χ0n) is 16.8. The molecule has 3 aromatic rings. The highest BCUT2D eigenvalue weighted by atomic mass is 32.2. The molecule has 1 aliphatic rings. The first-order valence-corrected chi connectivity index (χ1v) is 11.7. The summed E-state index contributed by atoms with van der Waals surface area (Å²) in [6.07, 6.45) is 1.91. The lowest BCUT2D eigenvalue weighted by molar-refractivity contribution is -0.121. The summed E-state index contributed by atoms with van der Waals surface area (Å²) in [5, 5.41) is 3.45. The quantitative estimate of drug-likeness (QED) is 0.606. The van der Waals surface area contributed by atoms with Crippen LogP contribution >= 0.6 is 0 Å². The average Bonchev–Trinajstić information content (AvgIpc) is 3.29. The molecule has 0 unspecified atom stereocenters. The molecule has 0 spiro atoms. The van der Waals surface area contributed by atoms with Crippen molar-refractivity contribution < 1.29 is 26.7 Å². The second-order valence-corrected chi connectivity index (χ2v) is 9.95. The number of nitrogens with one attached hydrogen (secondary N) is 2. The van der Waals surface area contributed by atoms with Crippen molar-refractivity contribution in [3.05, 3.63) is 65.4 Å². The number of aromatic amines is 1. The summed E-state index contributed by atoms with van der Waals surface area (Å²) in [4.78, 5) is 15.9. The van der Waals surface area contributed by atoms with Gasteiger partial charge in [-0.25, -0.2) is 17.2 Å². The fourth-order valence-electron chi connectivity index (χ4n) is 4.17. The van der Waals surface area contributed by atoms with Crippen LogP contribution in [0.15, 0.2) is 42.6 Å². The predicted octanol–water partition coefficient (Wildman–Crippen LogP) is 3.28. The van der Waals surface area contributed by atoms with E-state index < -0.39 is 39.3 Å². The second-order valence-electron chi connectivity index (χ2n) is 7.72. The summed E-state index contributed by atoms with van der Waals surface area (Å²) in [7, 11) is -1.63. The number of fused-ring (bicyclic) bond motifs is 1. The number of ether oxygens (including phenoxy) is 1. The van der Waals surface area contributed by atoms with Crippen molar-refractivity contribution in [2.45, 2.75) is 24.8 Å². The minimum atomic E-state index is -3.15. The van der Waals surface area contributed by atoms with Gasteiger partial charge in [-0.1, -0.05) is 12.1 Å². The number of carbonyl (C=O) groups excluding carboxylic acids is 1. The molecule has 4 rings (SSSR count). The Morgan fingerprint density at radius 3 is 2.74 bits per heavy atom. The molecule has 2 heterocycles. The van der Waals surface area contributed by atoms with Crippen molar-refractivity contribution in [3.8, 4) is 5.75 Å². The van der Waals surface area contributed by atoms with E-state index in [1.54, 1.807) is 12.3 Å². The first kappa shape index (κ1) is 21.3. The Morgan fingerprint density at radius 1 is 1.26 bits per heavy atom. The van der Waals surface area contributed by atoms with Crippen molar-refractivity contribution in [2.24, 2.45) is 0 Å². The molecule has 0 bridgehead atoms. The van der Waals surface area contributed by atoms with Gasteiger partial charge in [-0.15, -0.1) is 0 Å². The number of carbonyl (C=O) groups is 1. The van der Waals surface area contributed by atoms with E-state index in [1.165, 1.54) is 13.2 Å². The molecule has 2 N–H and O–H groups in total. The maximum atomic E-state index is 14.7. The van der Waals surface area contributed by atoms with Gasteiger partial charge in [-0.2, -0.15) is 0 Å². The predicted molar refractivity (Wildman–Crippen MR) is 113 cm³/mol. The zero-order chi connectivity index (χ0) is 22.2. The SMILES string of the molecule is COc1cccc2[nH]cc([C@@H](CC(=O)N[C@H]3CCS(=O)(=O)C3)c3ccc(F)cc3F)c12. The Bertz CT molecular complexity index is 1240. The average molecular weight is 448 g/mol. The molecule has 0 radical (unpaired) electrons. The molecule has 0 saturated carbocycles. The Morgan fingerprint density at radius 2 is 2.06 bits per heavy atom. The van der Waals surface area contributed by atoms with Gasteiger partial charge in [0, 0.05) is 41.5 Å². The summed E-state index contributed by atoms with van der Waals surface area (Å²) in [5.74, 6) is -2.11. The van der Waals surface area contributed by atoms with Gasteiger partial charge in [0.1, 0.15) is 17.4 Å². The van der Waals surface area contributed by atoms with E-state index in [4.69, 9.17) is 4.74 Å². The number of methoxy groups -OCH3 is 1. The van der Waals surface area contributed by atoms with Crippen LogP contribution in [0.1, 0.15) is 29.9 Å². The van der Waals surface area contributed by atoms with E-state index in [0.29, 0.717) is 23.1 Å². The van der Waals surface area contributed by atoms with E-state index in [2.05, 4.69) is 10.3 Å². The molecule has 1 aliphatic heterocycles. The molecule has 1 fully saturated rings. The lowest BCUT2D eigenvalue weighted by Gasteiger charge is -2.20. The van der Waals surface area contributed by atoms with E-state index in [9.17, 15) is 22.0 Å². The van der Waals surface area contributed by atoms with Crippen LogP contribution in [0.5, 0.6) is 5.75 Å². The van der Waals surface area contributed by atoms with Crippen LogP contribution in [0.2, 0.25) is 0 Å². The van der Waals surface area contributed by atoms with Gasteiger partial charge in [-0.3, -0.25) is 4.79 Å². The van der Waals surface area contributed by atoms with Crippen LogP contribution in [-0.4, -0.2) is 44.0 Å². The van der Waals surface area contributed by atoms with Crippen LogP contribution in [0.25, 0.3) is 10.9 Å². The van der Waals surface area contributed by atoms with Crippen LogP contribution in [0, 0.1) is 11.6 Å². The van der Waals surface area contributed by atoms with Crippen molar-refractivity contribution in [1.82, 2.24) is 10.3 Å². The second kappa shape index (κ2) is 8.30. The lowest BCUT2D eigenvalue weighted by atomic mass is 9.87. The number of amides is 1. The molecule has 1 saturated heterocycles. The van der Waals surface area contributed by atoms with Crippen molar-refractivity contribution in [3.63, 3.8) is 0 Å². The molecule has 0 aliphatic carbocycles. The van der Waals surface area contributed by atoms with Crippen molar-refractivity contribution in [2.75, 3.05) is 18.6 Å². The molecular formula is C22H22F2N2O4S. The minimum Gasteiger partial charge on any atom is -0.496 e. The third kappa shape index (κ3) is 4.41. The minimum absolute atomic E-state index is 0.0353. The lowest BCUT2D eigenvalue weighted by Crippen LogP contribution is -2.36. The highest BCUT2D eigenvalue weighted by Gasteiger charge is 2.31. The van der Waals surface area contributed by atoms with Crippen LogP contribution in [0.4, 0.5) is 8.78 Å². The fraction of sp³-hybridized carbons (Fsp3) is 0.318. The first-order valence-electron chi connectivity index (χ1n) is 9.86. The van der Waals surface area contributed by atoms with Crippen LogP contribution in [-0.2, 0) is 14.6 Å². The highest BCUT2D eigenvalue weighted by molar-refractivity contribution is 7.91. The molecule has 6 nitrogen and oxygen atoms in total. The Labute approximate surface area is 178 Å².